The first kappa shape index (κ1) is 22.7. The van der Waals surface area contributed by atoms with Gasteiger partial charge in [0.15, 0.2) is 0 Å². The van der Waals surface area contributed by atoms with Crippen molar-refractivity contribution in [3.63, 3.8) is 0 Å². The number of nitrogens with one attached hydrogen (secondary N) is 2. The molecule has 2 fully saturated rings. The van der Waals surface area contributed by atoms with E-state index in [2.05, 4.69) is 26.8 Å². The van der Waals surface area contributed by atoms with Gasteiger partial charge in [0.1, 0.15) is 12.4 Å². The molecule has 1 aromatic carbocycles. The number of amides is 1. The Balaban J connectivity index is 1.21. The number of likely N-dealkylation sites (tertiary alicyclic amines) is 1. The highest BCUT2D eigenvalue weighted by molar-refractivity contribution is 5.80. The first-order chi connectivity index (χ1) is 16.6. The van der Waals surface area contributed by atoms with Gasteiger partial charge in [0, 0.05) is 63.0 Å². The third-order valence-corrected chi connectivity index (χ3v) is 6.65. The molecular weight excluding hydrogens is 432 g/mol. The van der Waals surface area contributed by atoms with Crippen LogP contribution in [0.5, 0.6) is 11.6 Å². The van der Waals surface area contributed by atoms with Crippen LogP contribution in [0.25, 0.3) is 10.9 Å². The zero-order valence-electron chi connectivity index (χ0n) is 19.3. The van der Waals surface area contributed by atoms with E-state index in [0.29, 0.717) is 5.88 Å². The molecule has 0 bridgehead atoms. The van der Waals surface area contributed by atoms with Gasteiger partial charge in [-0.15, -0.1) is 0 Å². The second kappa shape index (κ2) is 10.0. The fraction of sp³-hybridized carbons (Fsp3) is 0.400. The van der Waals surface area contributed by atoms with E-state index in [9.17, 15) is 4.79 Å². The molecular formula is C25H30N6O3. The van der Waals surface area contributed by atoms with E-state index in [1.165, 1.54) is 0 Å². The number of hydrogen-bond acceptors (Lipinski definition) is 8. The number of carbonyl (C=O) groups excluding carboxylic acids is 1. The normalized spacial score (nSPS) is 20.6. The molecule has 178 valence electrons. The molecule has 3 aromatic rings. The standard InChI is InChI=1S/C25H30N6O3/c1-30(25(33)16-32)20-9-11-31(15-20)14-19-4-2-17-12-21(5-6-22(17)28-19)34-24-7-3-18(13-26-24)23-8-10-27-29-23/h2-7,12-13,20,23,27,29,32H,8-11,14-16H2,1H3/t20-,23?/m0/s1. The lowest BCUT2D eigenvalue weighted by Crippen LogP contribution is -2.40. The Morgan fingerprint density at radius 1 is 1.24 bits per heavy atom. The van der Waals surface area contributed by atoms with Crippen molar-refractivity contribution in [3.8, 4) is 11.6 Å². The fourth-order valence-electron chi connectivity index (χ4n) is 4.63. The third-order valence-electron chi connectivity index (χ3n) is 6.65. The van der Waals surface area contributed by atoms with Gasteiger partial charge in [-0.1, -0.05) is 12.1 Å². The molecule has 2 atom stereocenters. The Labute approximate surface area is 198 Å². The number of aromatic nitrogens is 2. The average Bonchev–Trinajstić information content (AvgIpc) is 3.56. The largest absolute Gasteiger partial charge is 0.439 e. The number of pyridine rings is 2. The second-order valence-corrected chi connectivity index (χ2v) is 8.94. The predicted octanol–water partition coefficient (Wildman–Crippen LogP) is 1.99. The van der Waals surface area contributed by atoms with Crippen LogP contribution in [-0.2, 0) is 11.3 Å². The van der Waals surface area contributed by atoms with E-state index < -0.39 is 6.61 Å². The Hall–Kier alpha value is -3.11. The Bertz CT molecular complexity index is 1150. The summed E-state index contributed by atoms with van der Waals surface area (Å²) in [5.41, 5.74) is 9.42. The summed E-state index contributed by atoms with van der Waals surface area (Å²) in [4.78, 5) is 25.0. The minimum absolute atomic E-state index is 0.133. The third kappa shape index (κ3) is 5.02. The topological polar surface area (TPSA) is 103 Å². The molecule has 2 aromatic heterocycles. The van der Waals surface area contributed by atoms with E-state index in [1.54, 1.807) is 11.9 Å². The van der Waals surface area contributed by atoms with Crippen LogP contribution in [0.15, 0.2) is 48.7 Å². The Morgan fingerprint density at radius 2 is 2.15 bits per heavy atom. The fourth-order valence-corrected chi connectivity index (χ4v) is 4.63. The molecule has 0 saturated carbocycles. The lowest BCUT2D eigenvalue weighted by molar-refractivity contribution is -0.134. The number of ether oxygens (including phenoxy) is 1. The van der Waals surface area contributed by atoms with E-state index in [1.807, 2.05) is 42.6 Å². The molecule has 2 saturated heterocycles. The van der Waals surface area contributed by atoms with Crippen molar-refractivity contribution in [1.29, 1.82) is 0 Å². The molecule has 2 aliphatic heterocycles. The SMILES string of the molecule is CN(C(=O)CO)[C@H]1CCN(Cc2ccc3cc(Oc4ccc(C5CCNN5)cn4)ccc3n2)C1. The molecule has 5 rings (SSSR count). The number of benzene rings is 1. The molecule has 1 amide bonds. The van der Waals surface area contributed by atoms with Gasteiger partial charge in [0.05, 0.1) is 11.2 Å². The number of aliphatic hydroxyl groups excluding tert-OH is 1. The summed E-state index contributed by atoms with van der Waals surface area (Å²) >= 11 is 0. The number of hydrogen-bond donors (Lipinski definition) is 3. The molecule has 34 heavy (non-hydrogen) atoms. The zero-order chi connectivity index (χ0) is 23.5. The minimum atomic E-state index is -0.442. The number of rotatable bonds is 7. The monoisotopic (exact) mass is 462 g/mol. The number of carbonyl (C=O) groups is 1. The van der Waals surface area contributed by atoms with Gasteiger partial charge in [-0.25, -0.2) is 4.98 Å². The van der Waals surface area contributed by atoms with Crippen LogP contribution in [0, 0.1) is 0 Å². The molecule has 9 nitrogen and oxygen atoms in total. The number of fused-ring (bicyclic) bond motifs is 1. The molecule has 4 heterocycles. The summed E-state index contributed by atoms with van der Waals surface area (Å²) in [6.07, 6.45) is 3.80. The van der Waals surface area contributed by atoms with Crippen molar-refractivity contribution in [3.05, 3.63) is 59.9 Å². The van der Waals surface area contributed by atoms with Crippen LogP contribution in [-0.4, -0.2) is 70.1 Å². The van der Waals surface area contributed by atoms with Gasteiger partial charge in [0.2, 0.25) is 11.8 Å². The highest BCUT2D eigenvalue weighted by Crippen LogP contribution is 2.26. The quantitative estimate of drug-likeness (QED) is 0.490. The van der Waals surface area contributed by atoms with Gasteiger partial charge in [-0.05, 0) is 42.7 Å². The summed E-state index contributed by atoms with van der Waals surface area (Å²) in [7, 11) is 1.76. The molecule has 9 heteroatoms. The lowest BCUT2D eigenvalue weighted by Gasteiger charge is -2.24. The second-order valence-electron chi connectivity index (χ2n) is 8.94. The smallest absolute Gasteiger partial charge is 0.248 e. The van der Waals surface area contributed by atoms with Gasteiger partial charge in [-0.3, -0.25) is 25.5 Å². The van der Waals surface area contributed by atoms with Crippen molar-refractivity contribution in [2.45, 2.75) is 31.5 Å². The lowest BCUT2D eigenvalue weighted by atomic mass is 10.1. The molecule has 0 spiro atoms. The maximum Gasteiger partial charge on any atom is 0.248 e. The van der Waals surface area contributed by atoms with Crippen molar-refractivity contribution in [2.75, 3.05) is 33.3 Å². The predicted molar refractivity (Wildman–Crippen MR) is 128 cm³/mol. The van der Waals surface area contributed by atoms with Crippen LogP contribution in [0.4, 0.5) is 0 Å². The van der Waals surface area contributed by atoms with Crippen molar-refractivity contribution >= 4 is 16.8 Å². The molecule has 2 aliphatic rings. The van der Waals surface area contributed by atoms with Crippen molar-refractivity contribution in [2.24, 2.45) is 0 Å². The molecule has 3 N–H and O–H groups in total. The highest BCUT2D eigenvalue weighted by atomic mass is 16.5. The van der Waals surface area contributed by atoms with Crippen LogP contribution >= 0.6 is 0 Å². The van der Waals surface area contributed by atoms with Gasteiger partial charge in [-0.2, -0.15) is 0 Å². The summed E-state index contributed by atoms with van der Waals surface area (Å²) in [5.74, 6) is 1.05. The number of hydrazine groups is 1. The Kier molecular flexibility index (Phi) is 6.68. The molecule has 1 unspecified atom stereocenters. The summed E-state index contributed by atoms with van der Waals surface area (Å²) in [6.45, 7) is 2.93. The van der Waals surface area contributed by atoms with E-state index in [4.69, 9.17) is 14.8 Å². The Morgan fingerprint density at radius 3 is 2.91 bits per heavy atom. The molecule has 0 aliphatic carbocycles. The van der Waals surface area contributed by atoms with E-state index in [-0.39, 0.29) is 18.0 Å². The maximum absolute atomic E-state index is 11.7. The van der Waals surface area contributed by atoms with Crippen molar-refractivity contribution < 1.29 is 14.6 Å². The minimum Gasteiger partial charge on any atom is -0.439 e. The van der Waals surface area contributed by atoms with Gasteiger partial charge < -0.3 is 14.7 Å². The van der Waals surface area contributed by atoms with Gasteiger partial charge in [0.25, 0.3) is 0 Å². The van der Waals surface area contributed by atoms with Crippen LogP contribution in [0.3, 0.4) is 0 Å². The number of likely N-dealkylation sites (N-methyl/N-ethyl adjacent to an activating group) is 1. The van der Waals surface area contributed by atoms with Gasteiger partial charge >= 0.3 is 0 Å². The number of nitrogens with zero attached hydrogens (tertiary/aromatic N) is 4. The van der Waals surface area contributed by atoms with Crippen molar-refractivity contribution in [1.82, 2.24) is 30.6 Å². The first-order valence-corrected chi connectivity index (χ1v) is 11.7. The summed E-state index contributed by atoms with van der Waals surface area (Å²) in [5, 5.41) is 10.1. The summed E-state index contributed by atoms with van der Waals surface area (Å²) < 4.78 is 5.97. The summed E-state index contributed by atoms with van der Waals surface area (Å²) in [6, 6.07) is 14.3. The molecule has 0 radical (unpaired) electrons. The maximum atomic E-state index is 11.7. The van der Waals surface area contributed by atoms with E-state index in [0.717, 1.165) is 66.9 Å². The van der Waals surface area contributed by atoms with Crippen LogP contribution in [0.1, 0.15) is 30.1 Å². The zero-order valence-corrected chi connectivity index (χ0v) is 19.3. The van der Waals surface area contributed by atoms with Crippen LogP contribution in [0.2, 0.25) is 0 Å². The first-order valence-electron chi connectivity index (χ1n) is 11.7. The average molecular weight is 463 g/mol. The number of aliphatic hydroxyl groups is 1. The van der Waals surface area contributed by atoms with Crippen LogP contribution < -0.4 is 15.6 Å². The highest BCUT2D eigenvalue weighted by Gasteiger charge is 2.28. The van der Waals surface area contributed by atoms with E-state index >= 15 is 0 Å².